The van der Waals surface area contributed by atoms with Gasteiger partial charge in [-0.15, -0.1) is 0 Å². The van der Waals surface area contributed by atoms with Gasteiger partial charge < -0.3 is 10.5 Å². The van der Waals surface area contributed by atoms with Crippen molar-refractivity contribution in [3.05, 3.63) is 93.0 Å². The van der Waals surface area contributed by atoms with E-state index < -0.39 is 5.92 Å². The molecule has 0 fully saturated rings. The van der Waals surface area contributed by atoms with E-state index in [0.29, 0.717) is 46.7 Å². The topological polar surface area (TPSA) is 69.4 Å². The van der Waals surface area contributed by atoms with Crippen LogP contribution in [-0.2, 0) is 9.53 Å². The van der Waals surface area contributed by atoms with Gasteiger partial charge in [-0.3, -0.25) is 9.59 Å². The molecule has 1 heterocycles. The molecule has 0 spiro atoms. The number of carbonyl (C=O) groups excluding carboxylic acids is 2. The maximum absolute atomic E-state index is 13.4. The Labute approximate surface area is 168 Å². The Morgan fingerprint density at radius 1 is 1.11 bits per heavy atom. The molecule has 0 saturated carbocycles. The average molecular weight is 394 g/mol. The predicted octanol–water partition coefficient (Wildman–Crippen LogP) is 4.82. The highest BCUT2D eigenvalue weighted by Gasteiger charge is 2.41. The highest BCUT2D eigenvalue weighted by molar-refractivity contribution is 6.31. The summed E-state index contributed by atoms with van der Waals surface area (Å²) in [7, 11) is 0. The number of benzene rings is 2. The van der Waals surface area contributed by atoms with E-state index in [2.05, 4.69) is 0 Å². The maximum Gasteiger partial charge on any atom is 0.198 e. The number of allylic oxidation sites excluding steroid dienone is 3. The van der Waals surface area contributed by atoms with Gasteiger partial charge in [-0.05, 0) is 25.0 Å². The minimum Gasteiger partial charge on any atom is -0.445 e. The number of ketones is 2. The van der Waals surface area contributed by atoms with Crippen molar-refractivity contribution < 1.29 is 14.3 Å². The molecule has 4 rings (SSSR count). The SMILES string of the molecule is Cc1ccc(C(=O)C2=C(N)OC3=C(C(=O)CCC3)C2c2ccccc2Cl)cc1. The van der Waals surface area contributed by atoms with Crippen LogP contribution in [0.2, 0.25) is 5.02 Å². The molecule has 0 amide bonds. The molecule has 2 aromatic rings. The molecular weight excluding hydrogens is 374 g/mol. The van der Waals surface area contributed by atoms with E-state index in [1.54, 1.807) is 18.2 Å². The van der Waals surface area contributed by atoms with Crippen molar-refractivity contribution in [1.29, 1.82) is 0 Å². The number of aryl methyl sites for hydroxylation is 1. The number of ether oxygens (including phenoxy) is 1. The van der Waals surface area contributed by atoms with Crippen molar-refractivity contribution in [2.24, 2.45) is 5.73 Å². The van der Waals surface area contributed by atoms with Crippen molar-refractivity contribution in [3.8, 4) is 0 Å². The fourth-order valence-electron chi connectivity index (χ4n) is 3.86. The Kier molecular flexibility index (Phi) is 4.82. The second kappa shape index (κ2) is 7.28. The Hall–Kier alpha value is -2.85. The van der Waals surface area contributed by atoms with E-state index in [4.69, 9.17) is 22.1 Å². The minimum absolute atomic E-state index is 0.0205. The summed E-state index contributed by atoms with van der Waals surface area (Å²) in [6.07, 6.45) is 1.76. The number of carbonyl (C=O) groups is 2. The Morgan fingerprint density at radius 3 is 2.54 bits per heavy atom. The first-order valence-electron chi connectivity index (χ1n) is 9.27. The van der Waals surface area contributed by atoms with Crippen LogP contribution >= 0.6 is 11.6 Å². The molecule has 0 bridgehead atoms. The Balaban J connectivity index is 1.90. The molecule has 2 aliphatic rings. The summed E-state index contributed by atoms with van der Waals surface area (Å²) in [6.45, 7) is 1.95. The zero-order chi connectivity index (χ0) is 19.8. The molecule has 1 unspecified atom stereocenters. The van der Waals surface area contributed by atoms with Crippen LogP contribution in [0.25, 0.3) is 0 Å². The quantitative estimate of drug-likeness (QED) is 0.759. The lowest BCUT2D eigenvalue weighted by Crippen LogP contribution is -2.31. The summed E-state index contributed by atoms with van der Waals surface area (Å²) in [4.78, 5) is 26.2. The summed E-state index contributed by atoms with van der Waals surface area (Å²) in [6, 6.07) is 14.5. The third kappa shape index (κ3) is 3.14. The van der Waals surface area contributed by atoms with Crippen LogP contribution in [0.1, 0.15) is 46.7 Å². The minimum atomic E-state index is -0.626. The second-order valence-corrected chi connectivity index (χ2v) is 7.55. The fraction of sp³-hybridized carbons (Fsp3) is 0.217. The standard InChI is InChI=1S/C23H20ClNO3/c1-13-9-11-14(12-10-13)22(27)21-19(15-5-2-3-6-16(15)24)20-17(26)7-4-8-18(20)28-23(21)25/h2-3,5-6,9-12,19H,4,7-8,25H2,1H3. The summed E-state index contributed by atoms with van der Waals surface area (Å²) >= 11 is 6.47. The highest BCUT2D eigenvalue weighted by atomic mass is 35.5. The molecule has 1 aliphatic carbocycles. The van der Waals surface area contributed by atoms with Crippen molar-refractivity contribution in [1.82, 2.24) is 0 Å². The smallest absolute Gasteiger partial charge is 0.198 e. The third-order valence-corrected chi connectivity index (χ3v) is 5.60. The molecule has 1 aliphatic heterocycles. The Bertz CT molecular complexity index is 1030. The number of rotatable bonds is 3. The largest absolute Gasteiger partial charge is 0.445 e. The zero-order valence-electron chi connectivity index (χ0n) is 15.5. The van der Waals surface area contributed by atoms with Crippen molar-refractivity contribution >= 4 is 23.2 Å². The second-order valence-electron chi connectivity index (χ2n) is 7.14. The zero-order valence-corrected chi connectivity index (χ0v) is 16.3. The van der Waals surface area contributed by atoms with Gasteiger partial charge in [0, 0.05) is 29.0 Å². The van der Waals surface area contributed by atoms with Gasteiger partial charge in [-0.2, -0.15) is 0 Å². The van der Waals surface area contributed by atoms with Gasteiger partial charge in [-0.1, -0.05) is 59.6 Å². The van der Waals surface area contributed by atoms with Gasteiger partial charge in [0.2, 0.25) is 0 Å². The first-order valence-corrected chi connectivity index (χ1v) is 9.64. The van der Waals surface area contributed by atoms with Crippen LogP contribution in [-0.4, -0.2) is 11.6 Å². The average Bonchev–Trinajstić information content (AvgIpc) is 2.68. The lowest BCUT2D eigenvalue weighted by molar-refractivity contribution is -0.116. The number of halogens is 1. The highest BCUT2D eigenvalue weighted by Crippen LogP contribution is 2.46. The van der Waals surface area contributed by atoms with Gasteiger partial charge in [0.05, 0.1) is 11.5 Å². The van der Waals surface area contributed by atoms with Gasteiger partial charge in [0.1, 0.15) is 5.76 Å². The summed E-state index contributed by atoms with van der Waals surface area (Å²) in [5.74, 6) is -0.303. The van der Waals surface area contributed by atoms with Gasteiger partial charge in [-0.25, -0.2) is 0 Å². The summed E-state index contributed by atoms with van der Waals surface area (Å²) < 4.78 is 5.78. The van der Waals surface area contributed by atoms with Crippen LogP contribution in [0.5, 0.6) is 0 Å². The molecule has 0 saturated heterocycles. The Morgan fingerprint density at radius 2 is 1.82 bits per heavy atom. The van der Waals surface area contributed by atoms with Gasteiger partial charge in [0.15, 0.2) is 17.4 Å². The van der Waals surface area contributed by atoms with E-state index in [1.807, 2.05) is 37.3 Å². The van der Waals surface area contributed by atoms with E-state index in [-0.39, 0.29) is 23.0 Å². The number of hydrogen-bond donors (Lipinski definition) is 1. The van der Waals surface area contributed by atoms with Crippen LogP contribution in [0.15, 0.2) is 71.3 Å². The third-order valence-electron chi connectivity index (χ3n) is 5.26. The van der Waals surface area contributed by atoms with Crippen molar-refractivity contribution in [2.75, 3.05) is 0 Å². The van der Waals surface area contributed by atoms with Crippen molar-refractivity contribution in [3.63, 3.8) is 0 Å². The summed E-state index contributed by atoms with van der Waals surface area (Å²) in [5.41, 5.74) is 9.23. The maximum atomic E-state index is 13.4. The van der Waals surface area contributed by atoms with E-state index in [1.165, 1.54) is 0 Å². The van der Waals surface area contributed by atoms with E-state index >= 15 is 0 Å². The van der Waals surface area contributed by atoms with Crippen LogP contribution in [0.3, 0.4) is 0 Å². The fourth-order valence-corrected chi connectivity index (χ4v) is 4.11. The molecule has 1 atom stereocenters. The number of Topliss-reactive ketones (excluding diaryl/α,β-unsaturated/α-hetero) is 2. The predicted molar refractivity (Wildman–Crippen MR) is 108 cm³/mol. The monoisotopic (exact) mass is 393 g/mol. The molecule has 142 valence electrons. The lowest BCUT2D eigenvalue weighted by Gasteiger charge is -2.33. The van der Waals surface area contributed by atoms with Crippen LogP contribution in [0.4, 0.5) is 0 Å². The molecule has 2 aromatic carbocycles. The van der Waals surface area contributed by atoms with E-state index in [0.717, 1.165) is 5.56 Å². The van der Waals surface area contributed by atoms with E-state index in [9.17, 15) is 9.59 Å². The first kappa shape index (κ1) is 18.5. The van der Waals surface area contributed by atoms with Crippen LogP contribution in [0, 0.1) is 6.92 Å². The summed E-state index contributed by atoms with van der Waals surface area (Å²) in [5, 5.41) is 0.488. The van der Waals surface area contributed by atoms with Crippen molar-refractivity contribution in [2.45, 2.75) is 32.1 Å². The molecule has 0 radical (unpaired) electrons. The molecule has 2 N–H and O–H groups in total. The number of hydrogen-bond acceptors (Lipinski definition) is 4. The molecule has 5 heteroatoms. The van der Waals surface area contributed by atoms with Gasteiger partial charge in [0.25, 0.3) is 0 Å². The molecule has 28 heavy (non-hydrogen) atoms. The lowest BCUT2D eigenvalue weighted by atomic mass is 9.75. The molecular formula is C23H20ClNO3. The van der Waals surface area contributed by atoms with Gasteiger partial charge >= 0.3 is 0 Å². The first-order chi connectivity index (χ1) is 13.5. The normalized spacial score (nSPS) is 19.4. The molecule has 0 aromatic heterocycles. The number of nitrogens with two attached hydrogens (primary N) is 1. The molecule has 4 nitrogen and oxygen atoms in total. The van der Waals surface area contributed by atoms with Crippen LogP contribution < -0.4 is 5.73 Å².